The van der Waals surface area contributed by atoms with Crippen LogP contribution in [0.15, 0.2) is 50.7 Å². The van der Waals surface area contributed by atoms with E-state index >= 15 is 0 Å². The van der Waals surface area contributed by atoms with Gasteiger partial charge in [0, 0.05) is 18.2 Å². The fraction of sp³-hybridized carbons (Fsp3) is 0.409. The molecule has 2 rings (SSSR count). The number of aryl methyl sites for hydroxylation is 1. The van der Waals surface area contributed by atoms with Crippen molar-refractivity contribution in [2.75, 3.05) is 13.2 Å². The van der Waals surface area contributed by atoms with Crippen LogP contribution < -0.4 is 15.1 Å². The van der Waals surface area contributed by atoms with Gasteiger partial charge in [0.1, 0.15) is 30.3 Å². The third kappa shape index (κ3) is 5.01. The lowest BCUT2D eigenvalue weighted by Gasteiger charge is -2.15. The molecule has 0 spiro atoms. The first kappa shape index (κ1) is 19.8. The van der Waals surface area contributed by atoms with Crippen LogP contribution in [0.4, 0.5) is 0 Å². The van der Waals surface area contributed by atoms with Crippen molar-refractivity contribution in [2.24, 2.45) is 0 Å². The molecule has 0 amide bonds. The molecule has 0 aliphatic carbocycles. The van der Waals surface area contributed by atoms with Crippen LogP contribution >= 0.6 is 0 Å². The van der Waals surface area contributed by atoms with Crippen molar-refractivity contribution >= 4 is 11.0 Å². The SMILES string of the molecule is C/C=C(\C)COc1cc(OC/C(C)=C/C)c2c(CCC)cc(=O)oc2c1. The van der Waals surface area contributed by atoms with E-state index < -0.39 is 0 Å². The second-order valence-electron chi connectivity index (χ2n) is 6.48. The van der Waals surface area contributed by atoms with Crippen molar-refractivity contribution in [3.05, 3.63) is 57.5 Å². The fourth-order valence-electron chi connectivity index (χ4n) is 2.53. The first-order valence-corrected chi connectivity index (χ1v) is 9.08. The Kier molecular flexibility index (Phi) is 7.07. The van der Waals surface area contributed by atoms with Gasteiger partial charge in [0.2, 0.25) is 0 Å². The van der Waals surface area contributed by atoms with Gasteiger partial charge >= 0.3 is 5.63 Å². The van der Waals surface area contributed by atoms with E-state index in [4.69, 9.17) is 13.9 Å². The van der Waals surface area contributed by atoms with Crippen LogP contribution in [0.1, 0.15) is 46.6 Å². The number of ether oxygens (including phenoxy) is 2. The molecule has 4 heteroatoms. The summed E-state index contributed by atoms with van der Waals surface area (Å²) >= 11 is 0. The smallest absolute Gasteiger partial charge is 0.336 e. The summed E-state index contributed by atoms with van der Waals surface area (Å²) in [5.41, 5.74) is 3.35. The second kappa shape index (κ2) is 9.27. The van der Waals surface area contributed by atoms with Crippen LogP contribution in [0.5, 0.6) is 11.5 Å². The van der Waals surface area contributed by atoms with Crippen LogP contribution in [0.3, 0.4) is 0 Å². The molecule has 1 aromatic carbocycles. The normalized spacial score (nSPS) is 12.5. The molecule has 0 aliphatic rings. The molecule has 2 aromatic rings. The minimum atomic E-state index is -0.349. The van der Waals surface area contributed by atoms with Gasteiger partial charge in [-0.15, -0.1) is 0 Å². The maximum atomic E-state index is 12.0. The van der Waals surface area contributed by atoms with Crippen LogP contribution in [-0.2, 0) is 6.42 Å². The Morgan fingerprint density at radius 3 is 2.31 bits per heavy atom. The van der Waals surface area contributed by atoms with E-state index in [2.05, 4.69) is 6.92 Å². The van der Waals surface area contributed by atoms with Crippen molar-refractivity contribution in [3.63, 3.8) is 0 Å². The lowest BCUT2D eigenvalue weighted by Crippen LogP contribution is -2.06. The highest BCUT2D eigenvalue weighted by atomic mass is 16.5. The van der Waals surface area contributed by atoms with Gasteiger partial charge in [-0.25, -0.2) is 4.79 Å². The van der Waals surface area contributed by atoms with Crippen molar-refractivity contribution < 1.29 is 13.9 Å². The number of hydrogen-bond donors (Lipinski definition) is 0. The maximum absolute atomic E-state index is 12.0. The number of rotatable bonds is 8. The summed E-state index contributed by atoms with van der Waals surface area (Å²) in [5, 5.41) is 0.852. The highest BCUT2D eigenvalue weighted by Crippen LogP contribution is 2.34. The Morgan fingerprint density at radius 1 is 1.04 bits per heavy atom. The van der Waals surface area contributed by atoms with Crippen LogP contribution in [-0.4, -0.2) is 13.2 Å². The van der Waals surface area contributed by atoms with E-state index in [1.807, 2.05) is 45.9 Å². The molecule has 0 unspecified atom stereocenters. The van der Waals surface area contributed by atoms with E-state index in [9.17, 15) is 4.79 Å². The zero-order valence-corrected chi connectivity index (χ0v) is 16.3. The summed E-state index contributed by atoms with van der Waals surface area (Å²) in [6.07, 6.45) is 5.75. The summed E-state index contributed by atoms with van der Waals surface area (Å²) < 4.78 is 17.4. The quantitative estimate of drug-likeness (QED) is 0.467. The predicted molar refractivity (Wildman–Crippen MR) is 106 cm³/mol. The number of benzene rings is 1. The first-order chi connectivity index (χ1) is 12.5. The van der Waals surface area contributed by atoms with Gasteiger partial charge in [-0.2, -0.15) is 0 Å². The molecule has 4 nitrogen and oxygen atoms in total. The van der Waals surface area contributed by atoms with E-state index in [1.165, 1.54) is 0 Å². The fourth-order valence-corrected chi connectivity index (χ4v) is 2.53. The van der Waals surface area contributed by atoms with Gasteiger partial charge in [-0.05, 0) is 50.8 Å². The summed E-state index contributed by atoms with van der Waals surface area (Å²) in [6, 6.07) is 5.22. The Balaban J connectivity index is 2.54. The first-order valence-electron chi connectivity index (χ1n) is 9.08. The standard InChI is InChI=1S/C22H28O4/c1-6-9-17-10-21(23)26-20-12-18(24-13-15(4)7-2)11-19(22(17)20)25-14-16(5)8-3/h7-8,10-12H,6,9,13-14H2,1-5H3/b15-7+,16-8+. The molecule has 0 radical (unpaired) electrons. The Bertz CT molecular complexity index is 872. The van der Waals surface area contributed by atoms with E-state index in [1.54, 1.807) is 12.1 Å². The molecule has 0 fully saturated rings. The van der Waals surface area contributed by atoms with Crippen LogP contribution in [0, 0.1) is 0 Å². The van der Waals surface area contributed by atoms with Crippen molar-refractivity contribution in [3.8, 4) is 11.5 Å². The lowest BCUT2D eigenvalue weighted by atomic mass is 10.0. The van der Waals surface area contributed by atoms with Crippen molar-refractivity contribution in [1.29, 1.82) is 0 Å². The zero-order valence-electron chi connectivity index (χ0n) is 16.3. The summed E-state index contributed by atoms with van der Waals surface area (Å²) in [4.78, 5) is 12.0. The van der Waals surface area contributed by atoms with Gasteiger partial charge in [0.25, 0.3) is 0 Å². The van der Waals surface area contributed by atoms with Crippen LogP contribution in [0.25, 0.3) is 11.0 Å². The third-order valence-corrected chi connectivity index (χ3v) is 4.29. The molecule has 0 bridgehead atoms. The minimum absolute atomic E-state index is 0.349. The van der Waals surface area contributed by atoms with Gasteiger partial charge in [0.15, 0.2) is 0 Å². The predicted octanol–water partition coefficient (Wildman–Crippen LogP) is 5.44. The molecule has 1 aromatic heterocycles. The highest BCUT2D eigenvalue weighted by Gasteiger charge is 2.14. The average Bonchev–Trinajstić information content (AvgIpc) is 2.63. The summed E-state index contributed by atoms with van der Waals surface area (Å²) in [6.45, 7) is 11.0. The molecular formula is C22H28O4. The summed E-state index contributed by atoms with van der Waals surface area (Å²) in [5.74, 6) is 1.31. The zero-order chi connectivity index (χ0) is 19.1. The Morgan fingerprint density at radius 2 is 1.69 bits per heavy atom. The molecule has 0 N–H and O–H groups in total. The number of fused-ring (bicyclic) bond motifs is 1. The second-order valence-corrected chi connectivity index (χ2v) is 6.48. The molecule has 140 valence electrons. The molecule has 1 heterocycles. The third-order valence-electron chi connectivity index (χ3n) is 4.29. The monoisotopic (exact) mass is 356 g/mol. The highest BCUT2D eigenvalue weighted by molar-refractivity contribution is 5.88. The van der Waals surface area contributed by atoms with Gasteiger partial charge in [-0.3, -0.25) is 0 Å². The summed E-state index contributed by atoms with van der Waals surface area (Å²) in [7, 11) is 0. The van der Waals surface area contributed by atoms with Crippen molar-refractivity contribution in [1.82, 2.24) is 0 Å². The number of hydrogen-bond acceptors (Lipinski definition) is 4. The molecular weight excluding hydrogens is 328 g/mol. The maximum Gasteiger partial charge on any atom is 0.336 e. The van der Waals surface area contributed by atoms with Gasteiger partial charge in [-0.1, -0.05) is 25.5 Å². The molecule has 26 heavy (non-hydrogen) atoms. The van der Waals surface area contributed by atoms with E-state index in [-0.39, 0.29) is 5.63 Å². The number of allylic oxidation sites excluding steroid dienone is 2. The van der Waals surface area contributed by atoms with E-state index in [0.717, 1.165) is 34.9 Å². The molecule has 0 saturated carbocycles. The molecule has 0 saturated heterocycles. The van der Waals surface area contributed by atoms with Crippen molar-refractivity contribution in [2.45, 2.75) is 47.5 Å². The van der Waals surface area contributed by atoms with E-state index in [0.29, 0.717) is 30.3 Å². The Labute approximate surface area is 155 Å². The Hall–Kier alpha value is -2.49. The molecule has 0 aliphatic heterocycles. The van der Waals surface area contributed by atoms with Gasteiger partial charge < -0.3 is 13.9 Å². The minimum Gasteiger partial charge on any atom is -0.489 e. The van der Waals surface area contributed by atoms with Gasteiger partial charge in [0.05, 0.1) is 5.39 Å². The lowest BCUT2D eigenvalue weighted by molar-refractivity contribution is 0.336. The average molecular weight is 356 g/mol. The van der Waals surface area contributed by atoms with Crippen LogP contribution in [0.2, 0.25) is 0 Å². The molecule has 0 atom stereocenters. The largest absolute Gasteiger partial charge is 0.489 e. The topological polar surface area (TPSA) is 48.7 Å².